The van der Waals surface area contributed by atoms with Gasteiger partial charge < -0.3 is 4.74 Å². The Kier molecular flexibility index (Phi) is 4.20. The first-order valence-corrected chi connectivity index (χ1v) is 7.54. The van der Waals surface area contributed by atoms with E-state index in [1.165, 1.54) is 32.1 Å². The Morgan fingerprint density at radius 2 is 2.05 bits per heavy atom. The molecule has 1 aromatic heterocycles. The lowest BCUT2D eigenvalue weighted by atomic mass is 9.89. The van der Waals surface area contributed by atoms with Gasteiger partial charge in [0.25, 0.3) is 0 Å². The summed E-state index contributed by atoms with van der Waals surface area (Å²) in [7, 11) is 0. The van der Waals surface area contributed by atoms with Crippen LogP contribution in [0.5, 0.6) is 11.5 Å². The highest BCUT2D eigenvalue weighted by Crippen LogP contribution is 2.27. The van der Waals surface area contributed by atoms with Crippen molar-refractivity contribution >= 4 is 0 Å². The number of hydrogen-bond donors (Lipinski definition) is 0. The Balaban J connectivity index is 1.66. The van der Waals surface area contributed by atoms with Gasteiger partial charge in [-0.15, -0.1) is 0 Å². The summed E-state index contributed by atoms with van der Waals surface area (Å²) in [6, 6.07) is 9.39. The number of rotatable bonds is 4. The van der Waals surface area contributed by atoms with Crippen molar-refractivity contribution in [2.24, 2.45) is 5.92 Å². The molecule has 0 bridgehead atoms. The lowest BCUT2D eigenvalue weighted by molar-refractivity contribution is 0.308. The van der Waals surface area contributed by atoms with E-state index < -0.39 is 0 Å². The summed E-state index contributed by atoms with van der Waals surface area (Å²) in [6.45, 7) is 0.962. The number of ether oxygens (including phenoxy) is 1. The van der Waals surface area contributed by atoms with Crippen molar-refractivity contribution in [3.8, 4) is 17.6 Å². The third-order valence-electron chi connectivity index (χ3n) is 4.01. The van der Waals surface area contributed by atoms with Gasteiger partial charge in [0.05, 0.1) is 18.0 Å². The lowest BCUT2D eigenvalue weighted by Crippen LogP contribution is -2.14. The minimum Gasteiger partial charge on any atom is -0.453 e. The van der Waals surface area contributed by atoms with Crippen molar-refractivity contribution in [3.05, 3.63) is 42.2 Å². The number of benzene rings is 1. The summed E-state index contributed by atoms with van der Waals surface area (Å²) in [5.74, 6) is 2.00. The molecule has 2 aromatic rings. The average molecular weight is 281 g/mol. The number of aromatic nitrogens is 2. The molecule has 4 nitrogen and oxygen atoms in total. The van der Waals surface area contributed by atoms with Crippen molar-refractivity contribution in [2.45, 2.75) is 38.6 Å². The molecule has 0 spiro atoms. The molecule has 3 rings (SSSR count). The Morgan fingerprint density at radius 3 is 2.86 bits per heavy atom. The third kappa shape index (κ3) is 3.43. The van der Waals surface area contributed by atoms with E-state index in [1.54, 1.807) is 18.3 Å². The van der Waals surface area contributed by atoms with Crippen molar-refractivity contribution in [1.82, 2.24) is 9.78 Å². The molecule has 0 saturated heterocycles. The summed E-state index contributed by atoms with van der Waals surface area (Å²) in [6.07, 6.45) is 10.3. The Labute approximate surface area is 125 Å². The largest absolute Gasteiger partial charge is 0.453 e. The first kappa shape index (κ1) is 13.7. The van der Waals surface area contributed by atoms with Crippen LogP contribution >= 0.6 is 0 Å². The van der Waals surface area contributed by atoms with E-state index in [9.17, 15) is 0 Å². The predicted molar refractivity (Wildman–Crippen MR) is 80.0 cm³/mol. The van der Waals surface area contributed by atoms with Gasteiger partial charge in [-0.3, -0.25) is 4.68 Å². The van der Waals surface area contributed by atoms with Crippen molar-refractivity contribution < 1.29 is 4.74 Å². The van der Waals surface area contributed by atoms with Gasteiger partial charge in [-0.1, -0.05) is 31.4 Å². The molecule has 0 radical (unpaired) electrons. The molecule has 21 heavy (non-hydrogen) atoms. The van der Waals surface area contributed by atoms with Crippen LogP contribution in [0, 0.1) is 17.2 Å². The van der Waals surface area contributed by atoms with E-state index in [0.29, 0.717) is 17.1 Å². The molecular weight excluding hydrogens is 262 g/mol. The topological polar surface area (TPSA) is 50.8 Å². The zero-order valence-electron chi connectivity index (χ0n) is 12.0. The highest BCUT2D eigenvalue weighted by molar-refractivity contribution is 5.44. The van der Waals surface area contributed by atoms with Crippen LogP contribution in [0.1, 0.15) is 37.7 Å². The van der Waals surface area contributed by atoms with Crippen LogP contribution < -0.4 is 4.74 Å². The molecule has 0 N–H and O–H groups in total. The van der Waals surface area contributed by atoms with Crippen molar-refractivity contribution in [1.29, 1.82) is 5.26 Å². The second-order valence-electron chi connectivity index (χ2n) is 5.61. The molecule has 108 valence electrons. The molecule has 1 aromatic carbocycles. The van der Waals surface area contributed by atoms with Crippen molar-refractivity contribution in [3.63, 3.8) is 0 Å². The fourth-order valence-corrected chi connectivity index (χ4v) is 2.91. The zero-order chi connectivity index (χ0) is 14.5. The normalized spacial score (nSPS) is 15.6. The molecule has 0 amide bonds. The molecule has 4 heteroatoms. The maximum absolute atomic E-state index is 9.07. The first-order valence-electron chi connectivity index (χ1n) is 7.54. The van der Waals surface area contributed by atoms with E-state index in [2.05, 4.69) is 11.2 Å². The van der Waals surface area contributed by atoms with Gasteiger partial charge in [0.15, 0.2) is 5.75 Å². The van der Waals surface area contributed by atoms with Gasteiger partial charge in [0.1, 0.15) is 11.8 Å². The quantitative estimate of drug-likeness (QED) is 0.846. The Morgan fingerprint density at radius 1 is 1.24 bits per heavy atom. The summed E-state index contributed by atoms with van der Waals surface area (Å²) >= 11 is 0. The first-order chi connectivity index (χ1) is 10.3. The lowest BCUT2D eigenvalue weighted by Gasteiger charge is -2.21. The second kappa shape index (κ2) is 6.45. The maximum atomic E-state index is 9.07. The summed E-state index contributed by atoms with van der Waals surface area (Å²) in [5.41, 5.74) is 0.539. The number of nitrogens with zero attached hydrogens (tertiary/aromatic N) is 3. The monoisotopic (exact) mass is 281 g/mol. The molecule has 1 saturated carbocycles. The summed E-state index contributed by atoms with van der Waals surface area (Å²) in [4.78, 5) is 0. The van der Waals surface area contributed by atoms with Gasteiger partial charge in [0.2, 0.25) is 0 Å². The fraction of sp³-hybridized carbons (Fsp3) is 0.412. The number of nitriles is 1. The van der Waals surface area contributed by atoms with Gasteiger partial charge in [-0.2, -0.15) is 10.4 Å². The minimum absolute atomic E-state index is 0.539. The zero-order valence-corrected chi connectivity index (χ0v) is 12.0. The van der Waals surface area contributed by atoms with Gasteiger partial charge >= 0.3 is 0 Å². The molecule has 1 heterocycles. The summed E-state index contributed by atoms with van der Waals surface area (Å²) < 4.78 is 7.72. The number of para-hydroxylation sites is 1. The molecule has 1 aliphatic carbocycles. The van der Waals surface area contributed by atoms with E-state index >= 15 is 0 Å². The minimum atomic E-state index is 0.539. The third-order valence-corrected chi connectivity index (χ3v) is 4.01. The van der Waals surface area contributed by atoms with E-state index in [-0.39, 0.29) is 0 Å². The van der Waals surface area contributed by atoms with E-state index in [4.69, 9.17) is 10.00 Å². The van der Waals surface area contributed by atoms with Gasteiger partial charge in [0, 0.05) is 6.54 Å². The highest BCUT2D eigenvalue weighted by atomic mass is 16.5. The predicted octanol–water partition coefficient (Wildman–Crippen LogP) is 4.13. The van der Waals surface area contributed by atoms with Crippen LogP contribution in [0.4, 0.5) is 0 Å². The van der Waals surface area contributed by atoms with Gasteiger partial charge in [-0.05, 0) is 30.9 Å². The van der Waals surface area contributed by atoms with Crippen LogP contribution in [0.3, 0.4) is 0 Å². The molecule has 0 unspecified atom stereocenters. The number of hydrogen-bond acceptors (Lipinski definition) is 3. The van der Waals surface area contributed by atoms with Crippen LogP contribution in [-0.2, 0) is 6.54 Å². The van der Waals surface area contributed by atoms with Crippen molar-refractivity contribution in [2.75, 3.05) is 0 Å². The van der Waals surface area contributed by atoms with Crippen LogP contribution in [0.2, 0.25) is 0 Å². The molecular formula is C17H19N3O. The smallest absolute Gasteiger partial charge is 0.165 e. The van der Waals surface area contributed by atoms with E-state index in [0.717, 1.165) is 12.5 Å². The van der Waals surface area contributed by atoms with E-state index in [1.807, 2.05) is 23.0 Å². The Bertz CT molecular complexity index is 635. The molecule has 1 fully saturated rings. The average Bonchev–Trinajstić information content (AvgIpc) is 2.96. The molecule has 0 aliphatic heterocycles. The maximum Gasteiger partial charge on any atom is 0.165 e. The molecule has 1 aliphatic rings. The van der Waals surface area contributed by atoms with Gasteiger partial charge in [-0.25, -0.2) is 0 Å². The standard InChI is InChI=1S/C17H19N3O/c18-10-15-8-4-5-9-17(15)21-16-11-19-20(13-16)12-14-6-2-1-3-7-14/h4-5,8-9,11,13-14H,1-3,6-7,12H2. The second-order valence-corrected chi connectivity index (χ2v) is 5.61. The molecule has 0 atom stereocenters. The Hall–Kier alpha value is -2.28. The SMILES string of the molecule is N#Cc1ccccc1Oc1cnn(CC2CCCCC2)c1. The van der Waals surface area contributed by atoms with Crippen LogP contribution in [0.25, 0.3) is 0 Å². The van der Waals surface area contributed by atoms with Crippen LogP contribution in [-0.4, -0.2) is 9.78 Å². The highest BCUT2D eigenvalue weighted by Gasteiger charge is 2.14. The fourth-order valence-electron chi connectivity index (χ4n) is 2.91. The van der Waals surface area contributed by atoms with Crippen LogP contribution in [0.15, 0.2) is 36.7 Å². The summed E-state index contributed by atoms with van der Waals surface area (Å²) in [5, 5.41) is 13.4.